The molecule has 2 aromatic carbocycles. The Balaban J connectivity index is 2.01. The summed E-state index contributed by atoms with van der Waals surface area (Å²) in [6, 6.07) is 22.3. The molecule has 0 saturated heterocycles. The molecule has 0 unspecified atom stereocenters. The van der Waals surface area contributed by atoms with Crippen molar-refractivity contribution in [3.05, 3.63) is 72.3 Å². The first-order valence-electron chi connectivity index (χ1n) is 6.83. The lowest BCUT2D eigenvalue weighted by Gasteiger charge is -2.09. The van der Waals surface area contributed by atoms with E-state index in [0.29, 0.717) is 0 Å². The molecule has 104 valence electrons. The van der Waals surface area contributed by atoms with E-state index in [0.717, 1.165) is 16.8 Å². The predicted octanol–water partition coefficient (Wildman–Crippen LogP) is 3.64. The fraction of sp³-hybridized carbons (Fsp3) is 0.0556. The van der Waals surface area contributed by atoms with Crippen LogP contribution >= 0.6 is 0 Å². The number of nitrogens with two attached hydrogens (primary N) is 1. The van der Waals surface area contributed by atoms with Crippen molar-refractivity contribution in [2.24, 2.45) is 12.8 Å². The maximum absolute atomic E-state index is 7.44. The van der Waals surface area contributed by atoms with Crippen molar-refractivity contribution in [3.63, 3.8) is 0 Å². The van der Waals surface area contributed by atoms with Crippen LogP contribution in [0.4, 0.5) is 0 Å². The van der Waals surface area contributed by atoms with Crippen LogP contribution in [0.2, 0.25) is 0 Å². The van der Waals surface area contributed by atoms with Gasteiger partial charge in [-0.15, -0.1) is 0 Å². The van der Waals surface area contributed by atoms with Crippen LogP contribution in [-0.2, 0) is 7.05 Å². The van der Waals surface area contributed by atoms with Crippen molar-refractivity contribution in [2.75, 3.05) is 0 Å². The highest BCUT2D eigenvalue weighted by Crippen LogP contribution is 2.27. The van der Waals surface area contributed by atoms with Crippen molar-refractivity contribution in [1.29, 1.82) is 5.41 Å². The number of nitrogen functional groups attached to an aromatic ring is 1. The molecule has 0 spiro atoms. The van der Waals surface area contributed by atoms with Crippen LogP contribution in [0.3, 0.4) is 0 Å². The van der Waals surface area contributed by atoms with Gasteiger partial charge in [-0.05, 0) is 23.3 Å². The van der Waals surface area contributed by atoms with E-state index in [1.807, 2.05) is 42.5 Å². The number of rotatable bonds is 3. The van der Waals surface area contributed by atoms with E-state index in [9.17, 15) is 0 Å². The first-order valence-corrected chi connectivity index (χ1v) is 6.83. The van der Waals surface area contributed by atoms with Gasteiger partial charge in [0.2, 0.25) is 0 Å². The normalized spacial score (nSPS) is 10.5. The monoisotopic (exact) mass is 275 g/mol. The average Bonchev–Trinajstić information content (AvgIpc) is 2.90. The van der Waals surface area contributed by atoms with Gasteiger partial charge in [0.15, 0.2) is 0 Å². The van der Waals surface area contributed by atoms with E-state index in [4.69, 9.17) is 11.1 Å². The lowest BCUT2D eigenvalue weighted by Crippen LogP contribution is -2.10. The van der Waals surface area contributed by atoms with E-state index in [1.54, 1.807) is 0 Å². The molecule has 0 aliphatic rings. The number of amidine groups is 1. The van der Waals surface area contributed by atoms with Gasteiger partial charge < -0.3 is 10.3 Å². The van der Waals surface area contributed by atoms with Gasteiger partial charge in [0.25, 0.3) is 0 Å². The molecule has 0 bridgehead atoms. The Morgan fingerprint density at radius 1 is 0.810 bits per heavy atom. The summed E-state index contributed by atoms with van der Waals surface area (Å²) in [6.45, 7) is 0. The Labute approximate surface area is 124 Å². The molecule has 0 saturated carbocycles. The van der Waals surface area contributed by atoms with E-state index < -0.39 is 0 Å². The van der Waals surface area contributed by atoms with Gasteiger partial charge in [0.05, 0.1) is 0 Å². The minimum absolute atomic E-state index is 0.0957. The molecule has 0 amide bonds. The third-order valence-electron chi connectivity index (χ3n) is 3.68. The summed E-state index contributed by atoms with van der Waals surface area (Å²) in [7, 11) is 2.07. The number of benzene rings is 2. The van der Waals surface area contributed by atoms with Crippen LogP contribution in [-0.4, -0.2) is 10.4 Å². The van der Waals surface area contributed by atoms with Gasteiger partial charge in [-0.1, -0.05) is 54.6 Å². The molecular weight excluding hydrogens is 258 g/mol. The highest BCUT2D eigenvalue weighted by molar-refractivity contribution is 5.95. The fourth-order valence-electron chi connectivity index (χ4n) is 2.52. The minimum Gasteiger partial charge on any atom is -0.384 e. The van der Waals surface area contributed by atoms with Crippen LogP contribution in [0.1, 0.15) is 5.56 Å². The van der Waals surface area contributed by atoms with Gasteiger partial charge in [-0.2, -0.15) is 0 Å². The molecule has 3 N–H and O–H groups in total. The Morgan fingerprint density at radius 2 is 1.33 bits per heavy atom. The number of hydrogen-bond acceptors (Lipinski definition) is 1. The smallest absolute Gasteiger partial charge is 0.122 e. The summed E-state index contributed by atoms with van der Waals surface area (Å²) in [5, 5.41) is 7.44. The Hall–Kier alpha value is -2.81. The molecule has 0 aliphatic heterocycles. The van der Waals surface area contributed by atoms with Crippen LogP contribution in [0, 0.1) is 5.41 Å². The Bertz CT molecular complexity index is 768. The topological polar surface area (TPSA) is 54.8 Å². The van der Waals surface area contributed by atoms with Crippen molar-refractivity contribution in [3.8, 4) is 22.5 Å². The quantitative estimate of drug-likeness (QED) is 0.556. The molecule has 0 fully saturated rings. The van der Waals surface area contributed by atoms with Gasteiger partial charge in [0, 0.05) is 24.0 Å². The van der Waals surface area contributed by atoms with Crippen LogP contribution in [0.5, 0.6) is 0 Å². The van der Waals surface area contributed by atoms with Crippen LogP contribution in [0.15, 0.2) is 66.7 Å². The second-order valence-corrected chi connectivity index (χ2v) is 5.02. The number of hydrogen-bond donors (Lipinski definition) is 2. The molecular formula is C18H17N3. The summed E-state index contributed by atoms with van der Waals surface area (Å²) >= 11 is 0. The second kappa shape index (κ2) is 5.29. The van der Waals surface area contributed by atoms with E-state index in [2.05, 4.69) is 35.9 Å². The Morgan fingerprint density at radius 3 is 1.86 bits per heavy atom. The number of aromatic nitrogens is 1. The van der Waals surface area contributed by atoms with Gasteiger partial charge >= 0.3 is 0 Å². The lowest BCUT2D eigenvalue weighted by molar-refractivity contribution is 0.946. The lowest BCUT2D eigenvalue weighted by atomic mass is 10.1. The summed E-state index contributed by atoms with van der Waals surface area (Å²) in [5.74, 6) is 0.0957. The molecule has 3 aromatic rings. The molecule has 21 heavy (non-hydrogen) atoms. The fourth-order valence-corrected chi connectivity index (χ4v) is 2.52. The summed E-state index contributed by atoms with van der Waals surface area (Å²) < 4.78 is 2.18. The standard InChI is InChI=1S/C18H17N3/c1-21-16(13-5-3-2-4-6-13)11-12-17(21)14-7-9-15(10-8-14)18(19)20/h2-12H,1H3,(H3,19,20). The van der Waals surface area contributed by atoms with E-state index in [-0.39, 0.29) is 5.84 Å². The van der Waals surface area contributed by atoms with Crippen LogP contribution in [0.25, 0.3) is 22.5 Å². The van der Waals surface area contributed by atoms with Crippen molar-refractivity contribution in [1.82, 2.24) is 4.57 Å². The first-order chi connectivity index (χ1) is 10.2. The largest absolute Gasteiger partial charge is 0.384 e. The third kappa shape index (κ3) is 2.46. The van der Waals surface area contributed by atoms with Crippen molar-refractivity contribution < 1.29 is 0 Å². The minimum atomic E-state index is 0.0957. The molecule has 3 rings (SSSR count). The van der Waals surface area contributed by atoms with E-state index in [1.165, 1.54) is 11.3 Å². The molecule has 3 nitrogen and oxygen atoms in total. The van der Waals surface area contributed by atoms with Crippen molar-refractivity contribution in [2.45, 2.75) is 0 Å². The van der Waals surface area contributed by atoms with Crippen LogP contribution < -0.4 is 5.73 Å². The zero-order valence-corrected chi connectivity index (χ0v) is 11.9. The highest BCUT2D eigenvalue weighted by Gasteiger charge is 2.08. The average molecular weight is 275 g/mol. The van der Waals surface area contributed by atoms with Crippen molar-refractivity contribution >= 4 is 5.84 Å². The molecule has 0 atom stereocenters. The SMILES string of the molecule is Cn1c(-c2ccccc2)ccc1-c1ccc(C(=N)N)cc1. The number of nitrogens with one attached hydrogen (secondary N) is 1. The van der Waals surface area contributed by atoms with E-state index >= 15 is 0 Å². The molecule has 0 aliphatic carbocycles. The zero-order valence-electron chi connectivity index (χ0n) is 11.9. The highest BCUT2D eigenvalue weighted by atomic mass is 15.0. The maximum atomic E-state index is 7.44. The van der Waals surface area contributed by atoms with Gasteiger partial charge in [0.1, 0.15) is 5.84 Å². The van der Waals surface area contributed by atoms with Gasteiger partial charge in [-0.25, -0.2) is 0 Å². The second-order valence-electron chi connectivity index (χ2n) is 5.02. The maximum Gasteiger partial charge on any atom is 0.122 e. The van der Waals surface area contributed by atoms with Gasteiger partial charge in [-0.3, -0.25) is 5.41 Å². The summed E-state index contributed by atoms with van der Waals surface area (Å²) in [5.41, 5.74) is 10.9. The molecule has 0 radical (unpaired) electrons. The Kier molecular flexibility index (Phi) is 3.32. The molecule has 3 heteroatoms. The zero-order chi connectivity index (χ0) is 14.8. The number of nitrogens with zero attached hydrogens (tertiary/aromatic N) is 1. The predicted molar refractivity (Wildman–Crippen MR) is 87.3 cm³/mol. The summed E-state index contributed by atoms with van der Waals surface area (Å²) in [6.07, 6.45) is 0. The molecule has 1 aromatic heterocycles. The molecule has 1 heterocycles. The first kappa shape index (κ1) is 13.2. The third-order valence-corrected chi connectivity index (χ3v) is 3.68. The summed E-state index contributed by atoms with van der Waals surface area (Å²) in [4.78, 5) is 0.